The van der Waals surface area contributed by atoms with Crippen molar-refractivity contribution in [3.8, 4) is 0 Å². The summed E-state index contributed by atoms with van der Waals surface area (Å²) in [5, 5.41) is 3.46. The maximum atomic E-state index is 5.09. The molecule has 110 valence electrons. The molecule has 0 spiro atoms. The van der Waals surface area contributed by atoms with Crippen LogP contribution < -0.4 is 10.2 Å². The molecule has 2 atom stereocenters. The number of halogens is 1. The van der Waals surface area contributed by atoms with Crippen LogP contribution in [0, 0.1) is 5.92 Å². The Morgan fingerprint density at radius 1 is 1.40 bits per heavy atom. The van der Waals surface area contributed by atoms with Crippen molar-refractivity contribution in [3.63, 3.8) is 0 Å². The van der Waals surface area contributed by atoms with E-state index in [0.717, 1.165) is 31.7 Å². The van der Waals surface area contributed by atoms with E-state index in [1.54, 1.807) is 7.11 Å². The number of fused-ring (bicyclic) bond motifs is 2. The standard InChI is InChI=1S/C16H23BrN2O/c1-20-7-6-18-10-13-3-4-14(17)9-16(13)19-11-12-2-5-15(19)8-12/h3-4,9,12,15,18H,2,5-8,10-11H2,1H3. The van der Waals surface area contributed by atoms with Gasteiger partial charge in [-0.15, -0.1) is 0 Å². The molecule has 2 aliphatic rings. The Labute approximate surface area is 129 Å². The number of methoxy groups -OCH3 is 1. The molecule has 4 heteroatoms. The van der Waals surface area contributed by atoms with Crippen LogP contribution in [0.1, 0.15) is 24.8 Å². The molecule has 1 aromatic carbocycles. The lowest BCUT2D eigenvalue weighted by molar-refractivity contribution is 0.199. The smallest absolute Gasteiger partial charge is 0.0587 e. The Kier molecular flexibility index (Phi) is 4.64. The van der Waals surface area contributed by atoms with Gasteiger partial charge in [0.25, 0.3) is 0 Å². The Bertz CT molecular complexity index is 466. The minimum absolute atomic E-state index is 0.764. The van der Waals surface area contributed by atoms with Gasteiger partial charge in [0.05, 0.1) is 6.61 Å². The first-order valence-electron chi connectivity index (χ1n) is 7.52. The van der Waals surface area contributed by atoms with E-state index in [2.05, 4.69) is 44.3 Å². The van der Waals surface area contributed by atoms with Gasteiger partial charge in [-0.05, 0) is 42.9 Å². The van der Waals surface area contributed by atoms with Gasteiger partial charge in [0.15, 0.2) is 0 Å². The van der Waals surface area contributed by atoms with E-state index in [1.165, 1.54) is 41.5 Å². The molecule has 0 radical (unpaired) electrons. The quantitative estimate of drug-likeness (QED) is 0.806. The Morgan fingerprint density at radius 3 is 3.00 bits per heavy atom. The van der Waals surface area contributed by atoms with Crippen LogP contribution in [0.2, 0.25) is 0 Å². The molecule has 1 saturated carbocycles. The van der Waals surface area contributed by atoms with Gasteiger partial charge >= 0.3 is 0 Å². The molecule has 3 rings (SSSR count). The first-order valence-corrected chi connectivity index (χ1v) is 8.32. The molecular weight excluding hydrogens is 316 g/mol. The summed E-state index contributed by atoms with van der Waals surface area (Å²) in [7, 11) is 1.74. The number of nitrogens with one attached hydrogen (secondary N) is 1. The highest BCUT2D eigenvalue weighted by Gasteiger charge is 2.38. The van der Waals surface area contributed by atoms with Gasteiger partial charge in [-0.1, -0.05) is 22.0 Å². The van der Waals surface area contributed by atoms with Gasteiger partial charge in [0.1, 0.15) is 0 Å². The van der Waals surface area contributed by atoms with Crippen LogP contribution in [0.5, 0.6) is 0 Å². The second-order valence-corrected chi connectivity index (χ2v) is 6.84. The summed E-state index contributed by atoms with van der Waals surface area (Å²) in [5.41, 5.74) is 2.81. The van der Waals surface area contributed by atoms with Gasteiger partial charge in [-0.2, -0.15) is 0 Å². The predicted octanol–water partition coefficient (Wildman–Crippen LogP) is 3.17. The van der Waals surface area contributed by atoms with E-state index in [9.17, 15) is 0 Å². The first kappa shape index (κ1) is 14.4. The summed E-state index contributed by atoms with van der Waals surface area (Å²) in [5.74, 6) is 0.924. The third-order valence-corrected chi connectivity index (χ3v) is 5.06. The average Bonchev–Trinajstić information content (AvgIpc) is 3.07. The molecular formula is C16H23BrN2O. The summed E-state index contributed by atoms with van der Waals surface area (Å²) in [6, 6.07) is 7.44. The van der Waals surface area contributed by atoms with Crippen LogP contribution in [0.15, 0.2) is 22.7 Å². The van der Waals surface area contributed by atoms with Crippen molar-refractivity contribution < 1.29 is 4.74 Å². The lowest BCUT2D eigenvalue weighted by Crippen LogP contribution is -2.33. The number of nitrogens with zero attached hydrogens (tertiary/aromatic N) is 1. The summed E-state index contributed by atoms with van der Waals surface area (Å²) < 4.78 is 6.27. The van der Waals surface area contributed by atoms with Crippen molar-refractivity contribution >= 4 is 21.6 Å². The van der Waals surface area contributed by atoms with E-state index < -0.39 is 0 Å². The van der Waals surface area contributed by atoms with E-state index in [1.807, 2.05) is 0 Å². The minimum atomic E-state index is 0.764. The Hall–Kier alpha value is -0.580. The number of benzene rings is 1. The van der Waals surface area contributed by atoms with Crippen molar-refractivity contribution in [2.45, 2.75) is 31.8 Å². The molecule has 1 aliphatic carbocycles. The molecule has 1 heterocycles. The number of anilines is 1. The SMILES string of the molecule is COCCNCc1ccc(Br)cc1N1CC2CCC1C2. The minimum Gasteiger partial charge on any atom is -0.383 e. The van der Waals surface area contributed by atoms with Crippen LogP contribution in [-0.2, 0) is 11.3 Å². The number of hydrogen-bond donors (Lipinski definition) is 1. The number of ether oxygens (including phenoxy) is 1. The molecule has 0 amide bonds. The zero-order valence-corrected chi connectivity index (χ0v) is 13.7. The normalized spacial score (nSPS) is 24.6. The molecule has 2 fully saturated rings. The number of rotatable bonds is 6. The first-order chi connectivity index (χ1) is 9.78. The monoisotopic (exact) mass is 338 g/mol. The van der Waals surface area contributed by atoms with Crippen molar-refractivity contribution in [2.75, 3.05) is 31.7 Å². The maximum absolute atomic E-state index is 5.09. The van der Waals surface area contributed by atoms with Crippen molar-refractivity contribution in [1.82, 2.24) is 5.32 Å². The van der Waals surface area contributed by atoms with Crippen LogP contribution in [-0.4, -0.2) is 32.8 Å². The van der Waals surface area contributed by atoms with E-state index in [0.29, 0.717) is 0 Å². The lowest BCUT2D eigenvalue weighted by atomic mass is 10.1. The highest BCUT2D eigenvalue weighted by atomic mass is 79.9. The highest BCUT2D eigenvalue weighted by Crippen LogP contribution is 2.41. The van der Waals surface area contributed by atoms with E-state index in [-0.39, 0.29) is 0 Å². The molecule has 2 bridgehead atoms. The molecule has 1 aromatic rings. The van der Waals surface area contributed by atoms with Gasteiger partial charge in [0.2, 0.25) is 0 Å². The maximum Gasteiger partial charge on any atom is 0.0587 e. The summed E-state index contributed by atoms with van der Waals surface area (Å²) in [4.78, 5) is 2.63. The average molecular weight is 339 g/mol. The number of piperidine rings is 1. The van der Waals surface area contributed by atoms with Gasteiger partial charge < -0.3 is 15.0 Å². The van der Waals surface area contributed by atoms with E-state index in [4.69, 9.17) is 4.74 Å². The molecule has 3 nitrogen and oxygen atoms in total. The van der Waals surface area contributed by atoms with Gasteiger partial charge in [0, 0.05) is 42.9 Å². The van der Waals surface area contributed by atoms with Crippen LogP contribution in [0.3, 0.4) is 0 Å². The van der Waals surface area contributed by atoms with Crippen molar-refractivity contribution in [1.29, 1.82) is 0 Å². The fourth-order valence-corrected chi connectivity index (χ4v) is 3.92. The summed E-state index contributed by atoms with van der Waals surface area (Å²) >= 11 is 3.62. The van der Waals surface area contributed by atoms with Gasteiger partial charge in [-0.25, -0.2) is 0 Å². The topological polar surface area (TPSA) is 24.5 Å². The summed E-state index contributed by atoms with van der Waals surface area (Å²) in [6.45, 7) is 3.82. The predicted molar refractivity (Wildman–Crippen MR) is 86.2 cm³/mol. The third-order valence-electron chi connectivity index (χ3n) is 4.56. The zero-order valence-electron chi connectivity index (χ0n) is 12.1. The van der Waals surface area contributed by atoms with Crippen molar-refractivity contribution in [3.05, 3.63) is 28.2 Å². The molecule has 0 aromatic heterocycles. The van der Waals surface area contributed by atoms with Crippen LogP contribution in [0.25, 0.3) is 0 Å². The summed E-state index contributed by atoms with van der Waals surface area (Å²) in [6.07, 6.45) is 4.19. The fraction of sp³-hybridized carbons (Fsp3) is 0.625. The third kappa shape index (κ3) is 3.02. The highest BCUT2D eigenvalue weighted by molar-refractivity contribution is 9.10. The van der Waals surface area contributed by atoms with Crippen molar-refractivity contribution in [2.24, 2.45) is 5.92 Å². The fourth-order valence-electron chi connectivity index (χ4n) is 3.57. The second kappa shape index (κ2) is 6.46. The van der Waals surface area contributed by atoms with E-state index >= 15 is 0 Å². The molecule has 1 saturated heterocycles. The molecule has 20 heavy (non-hydrogen) atoms. The molecule has 1 aliphatic heterocycles. The largest absolute Gasteiger partial charge is 0.383 e. The molecule has 2 unspecified atom stereocenters. The van der Waals surface area contributed by atoms with Crippen LogP contribution >= 0.6 is 15.9 Å². The number of hydrogen-bond acceptors (Lipinski definition) is 3. The lowest BCUT2D eigenvalue weighted by Gasteiger charge is -2.31. The Balaban J connectivity index is 1.73. The zero-order chi connectivity index (χ0) is 13.9. The van der Waals surface area contributed by atoms with Gasteiger partial charge in [-0.3, -0.25) is 0 Å². The van der Waals surface area contributed by atoms with Crippen LogP contribution in [0.4, 0.5) is 5.69 Å². The second-order valence-electron chi connectivity index (χ2n) is 5.93. The molecule has 1 N–H and O–H groups in total. The Morgan fingerprint density at radius 2 is 2.30 bits per heavy atom.